The first-order valence-electron chi connectivity index (χ1n) is 13.8. The lowest BCUT2D eigenvalue weighted by molar-refractivity contribution is 1.18. The number of hydrogen-bond donors (Lipinski definition) is 0. The van der Waals surface area contributed by atoms with E-state index in [2.05, 4.69) is 241 Å². The average Bonchev–Trinajstić information content (AvgIpc) is 3.02. The Morgan fingerprint density at radius 3 is 1.30 bits per heavy atom. The van der Waals surface area contributed by atoms with E-state index in [0.29, 0.717) is 0 Å². The van der Waals surface area contributed by atoms with Crippen molar-refractivity contribution < 1.29 is 0 Å². The van der Waals surface area contributed by atoms with Gasteiger partial charge in [-0.1, -0.05) is 109 Å². The fourth-order valence-electron chi connectivity index (χ4n) is 5.43. The van der Waals surface area contributed by atoms with Gasteiger partial charge in [0, 0.05) is 17.9 Å². The van der Waals surface area contributed by atoms with Crippen molar-refractivity contribution in [1.29, 1.82) is 0 Å². The highest BCUT2D eigenvalue weighted by molar-refractivity contribution is 14.1. The van der Waals surface area contributed by atoms with Gasteiger partial charge in [-0.05, 0) is 200 Å². The van der Waals surface area contributed by atoms with Crippen LogP contribution >= 0.6 is 113 Å². The lowest BCUT2D eigenvalue weighted by atomic mass is 9.94. The monoisotopic (exact) mass is 1120 g/mol. The molecule has 0 bridgehead atoms. The van der Waals surface area contributed by atoms with Crippen LogP contribution in [0.3, 0.4) is 0 Å². The van der Waals surface area contributed by atoms with E-state index in [1.807, 2.05) is 0 Å². The third-order valence-corrected chi connectivity index (χ3v) is 14.1. The fraction of sp³-hybridized carbons (Fsp3) is 0.0526. The van der Waals surface area contributed by atoms with Crippen LogP contribution in [0.2, 0.25) is 0 Å². The van der Waals surface area contributed by atoms with E-state index in [1.165, 1.54) is 79.0 Å². The van der Waals surface area contributed by atoms with Crippen LogP contribution in [-0.2, 0) is 6.42 Å². The highest BCUT2D eigenvalue weighted by atomic mass is 127. The first-order chi connectivity index (χ1) is 20.8. The topological polar surface area (TPSA) is 0 Å². The third kappa shape index (κ3) is 6.90. The standard InChI is InChI=1S/C38H25I5/c1-23-28(26-8-4-2-5-9-26)16-18-32(36(23)41)30-14-12-24(21-34(30)39)20-25-13-15-31(35(40)22-25)33-19-17-29(37(42)38(33)43)27-10-6-3-7-11-27/h2-19,21-22H,20H2,1H3. The molecule has 0 atom stereocenters. The first kappa shape index (κ1) is 31.9. The molecule has 5 heteroatoms. The van der Waals surface area contributed by atoms with Gasteiger partial charge in [0.15, 0.2) is 0 Å². The van der Waals surface area contributed by atoms with E-state index in [9.17, 15) is 0 Å². The molecule has 212 valence electrons. The summed E-state index contributed by atoms with van der Waals surface area (Å²) in [6.07, 6.45) is 0.914. The molecule has 0 fully saturated rings. The maximum absolute atomic E-state index is 2.52. The molecule has 0 saturated heterocycles. The Morgan fingerprint density at radius 2 is 0.791 bits per heavy atom. The van der Waals surface area contributed by atoms with E-state index in [0.717, 1.165) is 6.42 Å². The molecule has 0 aliphatic heterocycles. The van der Waals surface area contributed by atoms with Gasteiger partial charge in [0.05, 0.1) is 0 Å². The summed E-state index contributed by atoms with van der Waals surface area (Å²) in [5, 5.41) is 0. The smallest absolute Gasteiger partial charge is 0.0349 e. The average molecular weight is 1120 g/mol. The summed E-state index contributed by atoms with van der Waals surface area (Å²) in [4.78, 5) is 0. The van der Waals surface area contributed by atoms with Crippen LogP contribution in [0.5, 0.6) is 0 Å². The van der Waals surface area contributed by atoms with Gasteiger partial charge >= 0.3 is 0 Å². The molecule has 6 aromatic carbocycles. The summed E-state index contributed by atoms with van der Waals surface area (Å²) < 4.78 is 6.49. The van der Waals surface area contributed by atoms with Crippen molar-refractivity contribution in [2.45, 2.75) is 13.3 Å². The summed E-state index contributed by atoms with van der Waals surface area (Å²) in [6.45, 7) is 2.24. The molecule has 6 aromatic rings. The number of benzene rings is 6. The molecule has 0 N–H and O–H groups in total. The zero-order chi connectivity index (χ0) is 30.1. The summed E-state index contributed by atoms with van der Waals surface area (Å²) in [5.74, 6) is 0. The number of hydrogen-bond acceptors (Lipinski definition) is 0. The van der Waals surface area contributed by atoms with Crippen molar-refractivity contribution in [3.05, 3.63) is 156 Å². The van der Waals surface area contributed by atoms with Gasteiger partial charge in [0.1, 0.15) is 0 Å². The SMILES string of the molecule is Cc1c(-c2ccccc2)ccc(-c2ccc(Cc3ccc(-c4ccc(-c5ccccc5)c(I)c4I)c(I)c3)cc2I)c1I. The lowest BCUT2D eigenvalue weighted by Gasteiger charge is -2.15. The molecule has 0 amide bonds. The lowest BCUT2D eigenvalue weighted by Crippen LogP contribution is -1.96. The van der Waals surface area contributed by atoms with Gasteiger partial charge in [0.2, 0.25) is 0 Å². The molecule has 0 aliphatic carbocycles. The molecule has 0 aromatic heterocycles. The van der Waals surface area contributed by atoms with Crippen LogP contribution in [0, 0.1) is 24.8 Å². The summed E-state index contributed by atoms with van der Waals surface area (Å²) in [7, 11) is 0. The Kier molecular flexibility index (Phi) is 10.5. The second-order valence-electron chi connectivity index (χ2n) is 10.4. The Labute approximate surface area is 322 Å². The second-order valence-corrected chi connectivity index (χ2v) is 16.0. The van der Waals surface area contributed by atoms with E-state index >= 15 is 0 Å². The van der Waals surface area contributed by atoms with Gasteiger partial charge in [-0.2, -0.15) is 0 Å². The minimum absolute atomic E-state index is 0.914. The minimum atomic E-state index is 0.914. The van der Waals surface area contributed by atoms with Gasteiger partial charge < -0.3 is 0 Å². The van der Waals surface area contributed by atoms with Crippen LogP contribution in [0.1, 0.15) is 16.7 Å². The highest BCUT2D eigenvalue weighted by Crippen LogP contribution is 2.39. The molecule has 0 radical (unpaired) electrons. The summed E-state index contributed by atoms with van der Waals surface area (Å²) >= 11 is 12.5. The van der Waals surface area contributed by atoms with Crippen LogP contribution in [0.25, 0.3) is 44.5 Å². The second kappa shape index (κ2) is 14.2. The third-order valence-electron chi connectivity index (χ3n) is 7.69. The summed E-state index contributed by atoms with van der Waals surface area (Å²) in [6, 6.07) is 44.3. The maximum Gasteiger partial charge on any atom is 0.0349 e. The molecule has 0 saturated carbocycles. The molecular weight excluding hydrogens is 1090 g/mol. The van der Waals surface area contributed by atoms with E-state index in [1.54, 1.807) is 0 Å². The van der Waals surface area contributed by atoms with Crippen molar-refractivity contribution in [2.75, 3.05) is 0 Å². The quantitative estimate of drug-likeness (QED) is 0.146. The fourth-order valence-corrected chi connectivity index (χ4v) is 9.48. The zero-order valence-corrected chi connectivity index (χ0v) is 33.9. The van der Waals surface area contributed by atoms with Crippen LogP contribution in [0.4, 0.5) is 0 Å². The molecule has 6 rings (SSSR count). The minimum Gasteiger partial charge on any atom is -0.0622 e. The van der Waals surface area contributed by atoms with Crippen molar-refractivity contribution in [2.24, 2.45) is 0 Å². The number of rotatable bonds is 6. The Hall–Kier alpha value is -1.03. The molecule has 0 unspecified atom stereocenters. The predicted molar refractivity (Wildman–Crippen MR) is 226 cm³/mol. The van der Waals surface area contributed by atoms with Gasteiger partial charge in [-0.3, -0.25) is 0 Å². The Bertz CT molecular complexity index is 1800. The van der Waals surface area contributed by atoms with Crippen molar-refractivity contribution in [1.82, 2.24) is 0 Å². The van der Waals surface area contributed by atoms with E-state index in [-0.39, 0.29) is 0 Å². The first-order valence-corrected chi connectivity index (χ1v) is 19.2. The van der Waals surface area contributed by atoms with Gasteiger partial charge in [-0.25, -0.2) is 0 Å². The van der Waals surface area contributed by atoms with Crippen LogP contribution < -0.4 is 0 Å². The predicted octanol–water partition coefficient (Wildman–Crippen LogP) is 13.3. The maximum atomic E-state index is 2.52. The highest BCUT2D eigenvalue weighted by Gasteiger charge is 2.16. The molecule has 0 nitrogen and oxygen atoms in total. The largest absolute Gasteiger partial charge is 0.0622 e. The molecular formula is C38H25I5. The van der Waals surface area contributed by atoms with Crippen LogP contribution in [-0.4, -0.2) is 0 Å². The van der Waals surface area contributed by atoms with E-state index < -0.39 is 0 Å². The van der Waals surface area contributed by atoms with Gasteiger partial charge in [0.25, 0.3) is 0 Å². The molecule has 0 spiro atoms. The molecule has 43 heavy (non-hydrogen) atoms. The zero-order valence-electron chi connectivity index (χ0n) is 23.1. The van der Waals surface area contributed by atoms with Crippen LogP contribution in [0.15, 0.2) is 121 Å². The van der Waals surface area contributed by atoms with Crippen molar-refractivity contribution >= 4 is 113 Å². The molecule has 0 aliphatic rings. The van der Waals surface area contributed by atoms with Gasteiger partial charge in [-0.15, -0.1) is 0 Å². The normalized spacial score (nSPS) is 11.1. The van der Waals surface area contributed by atoms with Crippen molar-refractivity contribution in [3.8, 4) is 44.5 Å². The summed E-state index contributed by atoms with van der Waals surface area (Å²) in [5.41, 5.74) is 14.3. The Morgan fingerprint density at radius 1 is 0.395 bits per heavy atom. The van der Waals surface area contributed by atoms with E-state index in [4.69, 9.17) is 0 Å². The number of halogens is 5. The Balaban J connectivity index is 1.24. The van der Waals surface area contributed by atoms with Crippen molar-refractivity contribution in [3.63, 3.8) is 0 Å². The molecule has 0 heterocycles.